The van der Waals surface area contributed by atoms with E-state index in [1.807, 2.05) is 12.1 Å². The Hall–Kier alpha value is -4.59. The quantitative estimate of drug-likeness (QED) is 0.224. The minimum Gasteiger partial charge on any atom is -0.308 e. The van der Waals surface area contributed by atoms with Crippen LogP contribution in [0.3, 0.4) is 0 Å². The Balaban J connectivity index is 1.59. The molecule has 2 heteroatoms. The fourth-order valence-corrected chi connectivity index (χ4v) is 5.79. The lowest BCUT2D eigenvalue weighted by molar-refractivity contribution is 1.18. The van der Waals surface area contributed by atoms with Gasteiger partial charge in [0, 0.05) is 32.5 Å². The van der Waals surface area contributed by atoms with E-state index in [0.29, 0.717) is 0 Å². The van der Waals surface area contributed by atoms with Crippen LogP contribution in [-0.4, -0.2) is 4.57 Å². The summed E-state index contributed by atoms with van der Waals surface area (Å²) in [5.41, 5.74) is 10.3. The number of benzene rings is 6. The van der Waals surface area contributed by atoms with Crippen LogP contribution in [0.4, 0.5) is 0 Å². The molecule has 0 bridgehead atoms. The monoisotopic (exact) mass is 505 g/mol. The summed E-state index contributed by atoms with van der Waals surface area (Å²) >= 11 is 6.74. The first kappa shape index (κ1) is 22.6. The van der Waals surface area contributed by atoms with Crippen LogP contribution in [0.2, 0.25) is 5.02 Å². The molecule has 0 spiro atoms. The maximum Gasteiger partial charge on any atom is 0.0618 e. The van der Waals surface area contributed by atoms with Crippen molar-refractivity contribution in [1.29, 1.82) is 0 Å². The molecule has 0 aliphatic heterocycles. The summed E-state index contributed by atoms with van der Waals surface area (Å²) in [4.78, 5) is 0. The molecule has 0 aliphatic carbocycles. The average Bonchev–Trinajstić information content (AvgIpc) is 3.32. The van der Waals surface area contributed by atoms with Gasteiger partial charge in [0.1, 0.15) is 0 Å². The van der Waals surface area contributed by atoms with Crippen LogP contribution in [0.1, 0.15) is 0 Å². The van der Waals surface area contributed by atoms with Crippen molar-refractivity contribution in [3.05, 3.63) is 151 Å². The molecule has 0 atom stereocenters. The number of halogens is 1. The van der Waals surface area contributed by atoms with Gasteiger partial charge in [0.2, 0.25) is 0 Å². The molecule has 0 radical (unpaired) electrons. The highest BCUT2D eigenvalue weighted by Gasteiger charge is 2.20. The fraction of sp³-hybridized carbons (Fsp3) is 0. The summed E-state index contributed by atoms with van der Waals surface area (Å²) in [5, 5.41) is 3.24. The first-order valence-corrected chi connectivity index (χ1v) is 13.2. The molecule has 1 nitrogen and oxygen atoms in total. The third kappa shape index (κ3) is 3.72. The summed E-state index contributed by atoms with van der Waals surface area (Å²) < 4.78 is 2.43. The lowest BCUT2D eigenvalue weighted by atomic mass is 9.93. The molecule has 0 fully saturated rings. The topological polar surface area (TPSA) is 4.93 Å². The molecule has 1 heterocycles. The van der Waals surface area contributed by atoms with Gasteiger partial charge in [0.25, 0.3) is 0 Å². The molecular formula is C36H24ClN. The van der Waals surface area contributed by atoms with Crippen molar-refractivity contribution >= 4 is 33.4 Å². The second-order valence-electron chi connectivity index (χ2n) is 9.50. The van der Waals surface area contributed by atoms with Crippen molar-refractivity contribution < 1.29 is 0 Å². The van der Waals surface area contributed by atoms with Crippen LogP contribution in [0.5, 0.6) is 0 Å². The standard InChI is InChI=1S/C36H24ClN/c37-33-23-22-27(24-32(33)26-14-5-2-6-15-26)29-19-11-18-28(25-12-3-1-4-13-25)36(29)38-34-20-9-7-16-30(34)31-17-8-10-21-35(31)38/h1-24H. The second kappa shape index (κ2) is 9.37. The maximum atomic E-state index is 6.74. The van der Waals surface area contributed by atoms with E-state index >= 15 is 0 Å². The largest absolute Gasteiger partial charge is 0.308 e. The van der Waals surface area contributed by atoms with Crippen LogP contribution >= 0.6 is 11.6 Å². The average molecular weight is 506 g/mol. The Morgan fingerprint density at radius 3 is 1.50 bits per heavy atom. The minimum absolute atomic E-state index is 0.748. The van der Waals surface area contributed by atoms with Gasteiger partial charge in [-0.25, -0.2) is 0 Å². The molecule has 0 N–H and O–H groups in total. The predicted molar refractivity (Wildman–Crippen MR) is 162 cm³/mol. The van der Waals surface area contributed by atoms with E-state index in [2.05, 4.69) is 138 Å². The molecule has 0 unspecified atom stereocenters. The van der Waals surface area contributed by atoms with Gasteiger partial charge in [-0.3, -0.25) is 0 Å². The zero-order chi connectivity index (χ0) is 25.5. The molecular weight excluding hydrogens is 482 g/mol. The highest BCUT2D eigenvalue weighted by molar-refractivity contribution is 6.33. The third-order valence-corrected chi connectivity index (χ3v) is 7.62. The molecule has 0 amide bonds. The number of rotatable bonds is 4. The Morgan fingerprint density at radius 2 is 0.895 bits per heavy atom. The van der Waals surface area contributed by atoms with Gasteiger partial charge in [-0.2, -0.15) is 0 Å². The normalized spacial score (nSPS) is 11.3. The van der Waals surface area contributed by atoms with Gasteiger partial charge in [0.05, 0.1) is 16.7 Å². The van der Waals surface area contributed by atoms with E-state index < -0.39 is 0 Å². The molecule has 0 saturated carbocycles. The van der Waals surface area contributed by atoms with E-state index in [-0.39, 0.29) is 0 Å². The first-order chi connectivity index (χ1) is 18.8. The van der Waals surface area contributed by atoms with Gasteiger partial charge in [-0.1, -0.05) is 133 Å². The van der Waals surface area contributed by atoms with Crippen molar-refractivity contribution in [2.24, 2.45) is 0 Å². The van der Waals surface area contributed by atoms with Crippen molar-refractivity contribution in [2.75, 3.05) is 0 Å². The van der Waals surface area contributed by atoms with Crippen LogP contribution < -0.4 is 0 Å². The van der Waals surface area contributed by atoms with Gasteiger partial charge < -0.3 is 4.57 Å². The highest BCUT2D eigenvalue weighted by Crippen LogP contribution is 2.42. The Bertz CT molecular complexity index is 1860. The third-order valence-electron chi connectivity index (χ3n) is 7.29. The minimum atomic E-state index is 0.748. The number of fused-ring (bicyclic) bond motifs is 3. The number of hydrogen-bond donors (Lipinski definition) is 0. The fourth-order valence-electron chi connectivity index (χ4n) is 5.56. The van der Waals surface area contributed by atoms with Gasteiger partial charge in [-0.15, -0.1) is 0 Å². The first-order valence-electron chi connectivity index (χ1n) is 12.8. The van der Waals surface area contributed by atoms with E-state index in [9.17, 15) is 0 Å². The predicted octanol–water partition coefficient (Wildman–Crippen LogP) is 10.4. The SMILES string of the molecule is Clc1ccc(-c2cccc(-c3ccccc3)c2-n2c3ccccc3c3ccccc32)cc1-c1ccccc1. The summed E-state index contributed by atoms with van der Waals surface area (Å²) in [7, 11) is 0. The van der Waals surface area contributed by atoms with Gasteiger partial charge >= 0.3 is 0 Å². The number of aromatic nitrogens is 1. The molecule has 7 aromatic rings. The summed E-state index contributed by atoms with van der Waals surface area (Å²) in [6.07, 6.45) is 0. The smallest absolute Gasteiger partial charge is 0.0618 e. The molecule has 180 valence electrons. The van der Waals surface area contributed by atoms with Crippen molar-refractivity contribution in [3.8, 4) is 39.1 Å². The Morgan fingerprint density at radius 1 is 0.395 bits per heavy atom. The second-order valence-corrected chi connectivity index (χ2v) is 9.91. The van der Waals surface area contributed by atoms with Crippen LogP contribution in [0.25, 0.3) is 60.9 Å². The van der Waals surface area contributed by atoms with E-state index in [1.165, 1.54) is 32.9 Å². The van der Waals surface area contributed by atoms with Crippen molar-refractivity contribution in [3.63, 3.8) is 0 Å². The number of para-hydroxylation sites is 3. The lowest BCUT2D eigenvalue weighted by Gasteiger charge is -2.20. The Labute approximate surface area is 227 Å². The molecule has 6 aromatic carbocycles. The molecule has 1 aromatic heterocycles. The molecule has 0 saturated heterocycles. The maximum absolute atomic E-state index is 6.74. The van der Waals surface area contributed by atoms with Gasteiger partial charge in [-0.05, 0) is 41.0 Å². The molecule has 0 aliphatic rings. The molecule has 7 rings (SSSR count). The molecule has 38 heavy (non-hydrogen) atoms. The van der Waals surface area contributed by atoms with Crippen LogP contribution in [0, 0.1) is 0 Å². The summed E-state index contributed by atoms with van der Waals surface area (Å²) in [6.45, 7) is 0. The zero-order valence-electron chi connectivity index (χ0n) is 20.7. The number of hydrogen-bond acceptors (Lipinski definition) is 0. The highest BCUT2D eigenvalue weighted by atomic mass is 35.5. The van der Waals surface area contributed by atoms with Crippen LogP contribution in [0.15, 0.2) is 146 Å². The van der Waals surface area contributed by atoms with Crippen molar-refractivity contribution in [2.45, 2.75) is 0 Å². The summed E-state index contributed by atoms with van der Waals surface area (Å²) in [5.74, 6) is 0. The Kier molecular flexibility index (Phi) is 5.57. The number of nitrogens with zero attached hydrogens (tertiary/aromatic N) is 1. The van der Waals surface area contributed by atoms with E-state index in [4.69, 9.17) is 11.6 Å². The zero-order valence-corrected chi connectivity index (χ0v) is 21.4. The van der Waals surface area contributed by atoms with Gasteiger partial charge in [0.15, 0.2) is 0 Å². The van der Waals surface area contributed by atoms with Crippen LogP contribution in [-0.2, 0) is 0 Å². The summed E-state index contributed by atoms with van der Waals surface area (Å²) in [6, 6.07) is 51.4. The van der Waals surface area contributed by atoms with Crippen molar-refractivity contribution in [1.82, 2.24) is 4.57 Å². The van der Waals surface area contributed by atoms with E-state index in [0.717, 1.165) is 33.0 Å². The lowest BCUT2D eigenvalue weighted by Crippen LogP contribution is -2.00. The van der Waals surface area contributed by atoms with E-state index in [1.54, 1.807) is 0 Å².